The van der Waals surface area contributed by atoms with Crippen LogP contribution < -0.4 is 20.1 Å². The number of hydrogen-bond acceptors (Lipinski definition) is 9. The first-order valence-corrected chi connectivity index (χ1v) is 18.3. The van der Waals surface area contributed by atoms with Gasteiger partial charge in [-0.25, -0.2) is 14.9 Å². The number of nitrogens with zero attached hydrogens (tertiary/aromatic N) is 1. The minimum atomic E-state index is -1.06. The number of amides is 4. The van der Waals surface area contributed by atoms with Crippen molar-refractivity contribution < 1.29 is 43.2 Å². The number of ether oxygens (including phenoxy) is 5. The van der Waals surface area contributed by atoms with Crippen LogP contribution in [0.25, 0.3) is 0 Å². The van der Waals surface area contributed by atoms with E-state index in [-0.39, 0.29) is 42.7 Å². The Kier molecular flexibility index (Phi) is 16.7. The highest BCUT2D eigenvalue weighted by Crippen LogP contribution is 2.36. The number of hydrogen-bond donors (Lipinski definition) is 3. The van der Waals surface area contributed by atoms with Gasteiger partial charge in [-0.15, -0.1) is 0 Å². The molecule has 290 valence electrons. The van der Waals surface area contributed by atoms with Gasteiger partial charge in [-0.3, -0.25) is 4.79 Å². The molecule has 3 rings (SSSR count). The molecule has 2 aromatic carbocycles. The van der Waals surface area contributed by atoms with E-state index in [1.165, 1.54) is 4.90 Å². The first-order chi connectivity index (χ1) is 24.7. The van der Waals surface area contributed by atoms with Crippen LogP contribution in [-0.4, -0.2) is 93.5 Å². The van der Waals surface area contributed by atoms with E-state index in [4.69, 9.17) is 23.7 Å². The van der Waals surface area contributed by atoms with Crippen LogP contribution in [0.4, 0.5) is 9.59 Å². The Morgan fingerprint density at radius 1 is 0.981 bits per heavy atom. The zero-order valence-electron chi connectivity index (χ0n) is 32.5. The molecule has 0 unspecified atom stereocenters. The van der Waals surface area contributed by atoms with E-state index in [0.717, 1.165) is 17.5 Å². The number of aliphatic hydroxyl groups is 1. The van der Waals surface area contributed by atoms with E-state index in [0.29, 0.717) is 44.1 Å². The van der Waals surface area contributed by atoms with Gasteiger partial charge in [0.2, 0.25) is 5.91 Å². The summed E-state index contributed by atoms with van der Waals surface area (Å²) in [7, 11) is 4.85. The summed E-state index contributed by atoms with van der Waals surface area (Å²) in [5.74, 6) is 0.475. The highest BCUT2D eigenvalue weighted by Gasteiger charge is 2.42. The molecule has 0 radical (unpaired) electrons. The molecule has 1 aliphatic heterocycles. The Hall–Kier alpha value is -3.87. The van der Waals surface area contributed by atoms with Crippen molar-refractivity contribution in [2.75, 3.05) is 47.7 Å². The topological polar surface area (TPSA) is 145 Å². The Labute approximate surface area is 309 Å². The van der Waals surface area contributed by atoms with Gasteiger partial charge in [0, 0.05) is 39.7 Å². The predicted octanol–water partition coefficient (Wildman–Crippen LogP) is 6.15. The minimum absolute atomic E-state index is 0.0193. The van der Waals surface area contributed by atoms with Crippen molar-refractivity contribution in [3.63, 3.8) is 0 Å². The number of carbonyl (C=O) groups is 3. The van der Waals surface area contributed by atoms with Crippen LogP contribution in [0, 0.1) is 23.7 Å². The third kappa shape index (κ3) is 13.0. The monoisotopic (exact) mass is 727 g/mol. The third-order valence-electron chi connectivity index (χ3n) is 9.51. The number of rotatable bonds is 17. The summed E-state index contributed by atoms with van der Waals surface area (Å²) in [5.41, 5.74) is 1.15. The van der Waals surface area contributed by atoms with Crippen molar-refractivity contribution in [1.29, 1.82) is 0 Å². The van der Waals surface area contributed by atoms with Crippen molar-refractivity contribution in [1.82, 2.24) is 15.5 Å². The number of aliphatic hydroxyl groups excluding tert-OH is 1. The maximum atomic E-state index is 13.8. The van der Waals surface area contributed by atoms with Gasteiger partial charge < -0.3 is 39.0 Å². The van der Waals surface area contributed by atoms with Gasteiger partial charge in [0.1, 0.15) is 5.60 Å². The second-order valence-corrected chi connectivity index (χ2v) is 15.1. The van der Waals surface area contributed by atoms with Crippen LogP contribution in [0.3, 0.4) is 0 Å². The fourth-order valence-electron chi connectivity index (χ4n) is 6.71. The molecule has 0 spiro atoms. The summed E-state index contributed by atoms with van der Waals surface area (Å²) >= 11 is 0. The molecule has 12 heteroatoms. The number of likely N-dealkylation sites (tertiary alicyclic amines) is 1. The summed E-state index contributed by atoms with van der Waals surface area (Å²) in [6.07, 6.45) is 0.0323. The summed E-state index contributed by atoms with van der Waals surface area (Å²) in [4.78, 5) is 41.7. The first-order valence-electron chi connectivity index (χ1n) is 18.3. The molecule has 4 amide bonds. The number of piperidine rings is 1. The van der Waals surface area contributed by atoms with Crippen molar-refractivity contribution in [3.05, 3.63) is 59.7 Å². The van der Waals surface area contributed by atoms with Crippen LogP contribution in [-0.2, 0) is 25.4 Å². The summed E-state index contributed by atoms with van der Waals surface area (Å²) < 4.78 is 27.5. The van der Waals surface area contributed by atoms with E-state index < -0.39 is 35.8 Å². The molecular formula is C40H61N3O9. The molecule has 2 aromatic rings. The lowest BCUT2D eigenvalue weighted by atomic mass is 9.76. The second-order valence-electron chi connectivity index (χ2n) is 15.1. The predicted molar refractivity (Wildman–Crippen MR) is 199 cm³/mol. The average molecular weight is 728 g/mol. The van der Waals surface area contributed by atoms with E-state index in [2.05, 4.69) is 17.6 Å². The number of carbonyl (C=O) groups excluding carboxylic acids is 3. The Morgan fingerprint density at radius 3 is 2.31 bits per heavy atom. The molecule has 1 heterocycles. The molecule has 1 aliphatic rings. The van der Waals surface area contributed by atoms with Gasteiger partial charge >= 0.3 is 12.1 Å². The van der Waals surface area contributed by atoms with E-state index in [9.17, 15) is 19.5 Å². The lowest BCUT2D eigenvalue weighted by Crippen LogP contribution is -2.58. The van der Waals surface area contributed by atoms with E-state index >= 15 is 0 Å². The molecule has 0 saturated carbocycles. The Morgan fingerprint density at radius 2 is 1.69 bits per heavy atom. The number of methoxy groups -OCH3 is 3. The van der Waals surface area contributed by atoms with Gasteiger partial charge in [0.25, 0.3) is 0 Å². The molecule has 0 aromatic heterocycles. The van der Waals surface area contributed by atoms with Crippen LogP contribution in [0.2, 0.25) is 0 Å². The normalized spacial score (nSPS) is 19.4. The lowest BCUT2D eigenvalue weighted by Gasteiger charge is -2.45. The van der Waals surface area contributed by atoms with Crippen molar-refractivity contribution in [2.45, 2.75) is 91.0 Å². The fourth-order valence-corrected chi connectivity index (χ4v) is 6.71. The molecule has 1 fully saturated rings. The number of benzene rings is 2. The quantitative estimate of drug-likeness (QED) is 0.164. The van der Waals surface area contributed by atoms with Gasteiger partial charge in [-0.2, -0.15) is 0 Å². The standard InChI is InChI=1S/C40H61N3O9/c1-26(2)31(37(45)41-32(25-49-8)29-14-11-10-12-15-29)23-34(44)33-22-30(27(3)24-43(33)38(46)42-39(47)52-40(4,5)6)20-28-16-17-35(50-9)36(21-28)51-19-13-18-48-7/h10-12,14-17,21,26-27,30-34,44H,13,18-20,22-25H2,1-9H3,(H,41,45)(H,42,46,47)/t27-,30+,31+,32-,33+,34+/m1/s1. The van der Waals surface area contributed by atoms with Crippen LogP contribution in [0.1, 0.15) is 78.0 Å². The number of nitrogens with one attached hydrogen (secondary N) is 2. The molecule has 0 aliphatic carbocycles. The average Bonchev–Trinajstić information content (AvgIpc) is 3.08. The van der Waals surface area contributed by atoms with E-state index in [1.54, 1.807) is 42.1 Å². The van der Waals surface area contributed by atoms with Gasteiger partial charge in [-0.1, -0.05) is 57.2 Å². The van der Waals surface area contributed by atoms with E-state index in [1.807, 2.05) is 62.4 Å². The van der Waals surface area contributed by atoms with Crippen LogP contribution in [0.15, 0.2) is 48.5 Å². The molecule has 6 atom stereocenters. The van der Waals surface area contributed by atoms with Gasteiger partial charge in [0.05, 0.1) is 38.5 Å². The van der Waals surface area contributed by atoms with Crippen molar-refractivity contribution in [2.24, 2.45) is 23.7 Å². The third-order valence-corrected chi connectivity index (χ3v) is 9.51. The Balaban J connectivity index is 1.87. The molecule has 0 bridgehead atoms. The number of urea groups is 1. The molecule has 12 nitrogen and oxygen atoms in total. The smallest absolute Gasteiger partial charge is 0.415 e. The van der Waals surface area contributed by atoms with Crippen LogP contribution >= 0.6 is 0 Å². The SMILES string of the molecule is COCCCOc1cc(C[C@H]2C[C@@H]([C@@H](O)C[C@H](C(=O)N[C@H](COC)c3ccccc3)C(C)C)N(C(=O)NC(=O)OC(C)(C)C)C[C@H]2C)ccc1OC. The van der Waals surface area contributed by atoms with Crippen molar-refractivity contribution in [3.8, 4) is 11.5 Å². The highest BCUT2D eigenvalue weighted by molar-refractivity contribution is 5.91. The molecular weight excluding hydrogens is 666 g/mol. The zero-order chi connectivity index (χ0) is 38.4. The molecule has 52 heavy (non-hydrogen) atoms. The largest absolute Gasteiger partial charge is 0.493 e. The maximum absolute atomic E-state index is 13.8. The Bertz CT molecular complexity index is 1410. The maximum Gasteiger partial charge on any atom is 0.415 e. The van der Waals surface area contributed by atoms with Crippen LogP contribution in [0.5, 0.6) is 11.5 Å². The van der Waals surface area contributed by atoms with Crippen molar-refractivity contribution >= 4 is 18.0 Å². The molecule has 1 saturated heterocycles. The molecule has 3 N–H and O–H groups in total. The minimum Gasteiger partial charge on any atom is -0.493 e. The summed E-state index contributed by atoms with van der Waals surface area (Å²) in [6, 6.07) is 13.8. The second kappa shape index (κ2) is 20.4. The summed E-state index contributed by atoms with van der Waals surface area (Å²) in [6.45, 7) is 12.8. The van der Waals surface area contributed by atoms with Gasteiger partial charge in [0.15, 0.2) is 11.5 Å². The number of imide groups is 1. The zero-order valence-corrected chi connectivity index (χ0v) is 32.5. The number of alkyl carbamates (subject to hydrolysis) is 1. The first kappa shape index (κ1) is 42.5. The lowest BCUT2D eigenvalue weighted by molar-refractivity contribution is -0.129. The fraction of sp³-hybridized carbons (Fsp3) is 0.625. The summed E-state index contributed by atoms with van der Waals surface area (Å²) in [5, 5.41) is 17.5. The van der Waals surface area contributed by atoms with Gasteiger partial charge in [-0.05, 0) is 81.0 Å². The highest BCUT2D eigenvalue weighted by atomic mass is 16.6.